The third kappa shape index (κ3) is 9.19. The molecule has 2 unspecified atom stereocenters. The number of hydrogen-bond acceptors (Lipinski definition) is 5. The number of ether oxygens (including phenoxy) is 1. The van der Waals surface area contributed by atoms with Crippen LogP contribution in [0.2, 0.25) is 0 Å². The van der Waals surface area contributed by atoms with Gasteiger partial charge in [-0.15, -0.1) is 0 Å². The molecule has 2 saturated carbocycles. The Balaban J connectivity index is 0.000000407. The van der Waals surface area contributed by atoms with Crippen molar-refractivity contribution in [3.63, 3.8) is 0 Å². The summed E-state index contributed by atoms with van der Waals surface area (Å²) < 4.78 is 22.0. The molecule has 2 N–H and O–H groups in total. The van der Waals surface area contributed by atoms with E-state index in [1.807, 2.05) is 19.9 Å². The number of carboxylic acid groups (broad SMARTS) is 1. The van der Waals surface area contributed by atoms with E-state index >= 15 is 0 Å². The van der Waals surface area contributed by atoms with E-state index in [9.17, 15) is 9.18 Å². The van der Waals surface area contributed by atoms with Crippen molar-refractivity contribution in [2.75, 3.05) is 26.7 Å². The van der Waals surface area contributed by atoms with Gasteiger partial charge in [0, 0.05) is 31.1 Å². The molecule has 3 fully saturated rings. The van der Waals surface area contributed by atoms with Gasteiger partial charge in [-0.2, -0.15) is 5.10 Å². The van der Waals surface area contributed by atoms with E-state index in [1.165, 1.54) is 67.5 Å². The SMILES string of the molecule is CCn1nc(Cc2ccc(OC3CC3)cc2)cc1C1CCN(CC2CCC[C@@H]2c2cccc(F)c2)CC1.CNC(C(=O)O)C(C)C. The van der Waals surface area contributed by atoms with E-state index in [2.05, 4.69) is 58.2 Å². The van der Waals surface area contributed by atoms with Crippen molar-refractivity contribution in [2.24, 2.45) is 11.8 Å². The number of rotatable bonds is 12. The number of carboxylic acids is 1. The third-order valence-corrected chi connectivity index (χ3v) is 9.98. The molecule has 0 amide bonds. The molecule has 6 rings (SSSR count). The topological polar surface area (TPSA) is 79.6 Å². The van der Waals surface area contributed by atoms with Crippen molar-refractivity contribution in [1.82, 2.24) is 20.0 Å². The van der Waals surface area contributed by atoms with Crippen LogP contribution < -0.4 is 10.1 Å². The molecule has 0 radical (unpaired) electrons. The largest absolute Gasteiger partial charge is 0.490 e. The van der Waals surface area contributed by atoms with Gasteiger partial charge in [-0.25, -0.2) is 4.39 Å². The van der Waals surface area contributed by atoms with E-state index in [0.717, 1.165) is 38.3 Å². The molecule has 0 spiro atoms. The molecule has 2 aromatic carbocycles. The first kappa shape index (κ1) is 34.1. The van der Waals surface area contributed by atoms with Crippen LogP contribution in [0.1, 0.15) is 100 Å². The molecule has 1 saturated heterocycles. The van der Waals surface area contributed by atoms with Crippen molar-refractivity contribution in [3.05, 3.63) is 82.9 Å². The van der Waals surface area contributed by atoms with E-state index in [1.54, 1.807) is 19.2 Å². The predicted molar refractivity (Wildman–Crippen MR) is 181 cm³/mol. The van der Waals surface area contributed by atoms with Crippen molar-refractivity contribution in [2.45, 2.75) is 103 Å². The van der Waals surface area contributed by atoms with Crippen LogP contribution in [-0.4, -0.2) is 64.6 Å². The molecule has 3 aromatic rings. The summed E-state index contributed by atoms with van der Waals surface area (Å²) in [5, 5.41) is 16.2. The quantitative estimate of drug-likeness (QED) is 0.219. The summed E-state index contributed by atoms with van der Waals surface area (Å²) in [4.78, 5) is 13.0. The molecule has 7 nitrogen and oxygen atoms in total. The number of likely N-dealkylation sites (N-methyl/N-ethyl adjacent to an activating group) is 1. The normalized spacial score (nSPS) is 21.2. The van der Waals surface area contributed by atoms with Gasteiger partial charge in [0.1, 0.15) is 17.6 Å². The number of piperidine rings is 1. The number of nitrogens with zero attached hydrogens (tertiary/aromatic N) is 3. The number of hydrogen-bond donors (Lipinski definition) is 2. The Morgan fingerprint density at radius 2 is 1.78 bits per heavy atom. The van der Waals surface area contributed by atoms with Gasteiger partial charge >= 0.3 is 5.97 Å². The zero-order chi connectivity index (χ0) is 32.6. The van der Waals surface area contributed by atoms with E-state index < -0.39 is 12.0 Å². The Hall–Kier alpha value is -3.23. The van der Waals surface area contributed by atoms with Gasteiger partial charge in [0.05, 0.1) is 11.8 Å². The van der Waals surface area contributed by atoms with Gasteiger partial charge in [-0.1, -0.05) is 44.5 Å². The molecule has 46 heavy (non-hydrogen) atoms. The Labute approximate surface area is 274 Å². The molecule has 3 aliphatic rings. The van der Waals surface area contributed by atoms with Crippen LogP contribution in [0.5, 0.6) is 5.75 Å². The summed E-state index contributed by atoms with van der Waals surface area (Å²) in [7, 11) is 1.65. The summed E-state index contributed by atoms with van der Waals surface area (Å²) >= 11 is 0. The zero-order valence-corrected chi connectivity index (χ0v) is 28.1. The van der Waals surface area contributed by atoms with Crippen LogP contribution in [0.4, 0.5) is 4.39 Å². The second-order valence-corrected chi connectivity index (χ2v) is 13.8. The van der Waals surface area contributed by atoms with Gasteiger partial charge in [0.15, 0.2) is 0 Å². The number of benzene rings is 2. The Kier molecular flexibility index (Phi) is 11.9. The number of aryl methyl sites for hydroxylation is 1. The number of nitrogens with one attached hydrogen (secondary N) is 1. The summed E-state index contributed by atoms with van der Waals surface area (Å²) in [6.07, 6.45) is 9.78. The first-order valence-corrected chi connectivity index (χ1v) is 17.4. The lowest BCUT2D eigenvalue weighted by molar-refractivity contribution is -0.140. The van der Waals surface area contributed by atoms with Gasteiger partial charge in [0.25, 0.3) is 0 Å². The fourth-order valence-electron chi connectivity index (χ4n) is 7.34. The molecule has 1 aromatic heterocycles. The highest BCUT2D eigenvalue weighted by Crippen LogP contribution is 2.41. The molecule has 250 valence electrons. The molecule has 8 heteroatoms. The van der Waals surface area contributed by atoms with E-state index in [4.69, 9.17) is 14.9 Å². The summed E-state index contributed by atoms with van der Waals surface area (Å²) in [5.74, 6) is 1.97. The molecule has 3 atom stereocenters. The minimum absolute atomic E-state index is 0.101. The van der Waals surface area contributed by atoms with Crippen LogP contribution in [0.3, 0.4) is 0 Å². The van der Waals surface area contributed by atoms with Crippen LogP contribution >= 0.6 is 0 Å². The van der Waals surface area contributed by atoms with Crippen LogP contribution in [0.25, 0.3) is 0 Å². The second kappa shape index (κ2) is 16.1. The van der Waals surface area contributed by atoms with Gasteiger partial charge in [-0.05, 0) is 125 Å². The fourth-order valence-corrected chi connectivity index (χ4v) is 7.34. The van der Waals surface area contributed by atoms with E-state index in [0.29, 0.717) is 23.9 Å². The highest BCUT2D eigenvalue weighted by Gasteiger charge is 2.32. The molecular weight excluding hydrogens is 579 g/mol. The lowest BCUT2D eigenvalue weighted by Crippen LogP contribution is -2.38. The van der Waals surface area contributed by atoms with Gasteiger partial charge in [-0.3, -0.25) is 9.48 Å². The molecule has 0 bridgehead atoms. The maximum atomic E-state index is 13.8. The average molecular weight is 633 g/mol. The maximum absolute atomic E-state index is 13.8. The summed E-state index contributed by atoms with van der Waals surface area (Å²) in [6, 6.07) is 17.8. The smallest absolute Gasteiger partial charge is 0.320 e. The van der Waals surface area contributed by atoms with Crippen molar-refractivity contribution in [1.29, 1.82) is 0 Å². The van der Waals surface area contributed by atoms with Gasteiger partial charge in [0.2, 0.25) is 0 Å². The Bertz CT molecular complexity index is 1400. The monoisotopic (exact) mass is 632 g/mol. The molecule has 2 heterocycles. The second-order valence-electron chi connectivity index (χ2n) is 13.8. The first-order valence-electron chi connectivity index (χ1n) is 17.4. The minimum atomic E-state index is -0.785. The van der Waals surface area contributed by atoms with E-state index in [-0.39, 0.29) is 11.7 Å². The van der Waals surface area contributed by atoms with Crippen molar-refractivity contribution in [3.8, 4) is 5.75 Å². The number of likely N-dealkylation sites (tertiary alicyclic amines) is 1. The highest BCUT2D eigenvalue weighted by molar-refractivity contribution is 5.73. The Morgan fingerprint density at radius 3 is 2.37 bits per heavy atom. The first-order chi connectivity index (χ1) is 22.2. The van der Waals surface area contributed by atoms with Crippen molar-refractivity contribution < 1.29 is 19.0 Å². The average Bonchev–Trinajstić information content (AvgIpc) is 3.57. The highest BCUT2D eigenvalue weighted by atomic mass is 19.1. The molecule has 2 aliphatic carbocycles. The minimum Gasteiger partial charge on any atom is -0.490 e. The lowest BCUT2D eigenvalue weighted by Gasteiger charge is -2.35. The third-order valence-electron chi connectivity index (χ3n) is 9.98. The predicted octanol–water partition coefficient (Wildman–Crippen LogP) is 7.25. The van der Waals surface area contributed by atoms with Crippen LogP contribution in [0, 0.1) is 17.7 Å². The van der Waals surface area contributed by atoms with Crippen molar-refractivity contribution >= 4 is 5.97 Å². The maximum Gasteiger partial charge on any atom is 0.320 e. The lowest BCUT2D eigenvalue weighted by atomic mass is 9.87. The number of aliphatic carboxylic acids is 1. The number of aromatic nitrogens is 2. The molecule has 1 aliphatic heterocycles. The standard InChI is InChI=1S/C32H40FN3O.C6H13NO2/c1-2-36-32(21-28(34-36)19-23-9-11-29(12-10-23)37-30-13-14-30)24-15-17-35(18-16-24)22-26-6-4-8-31(26)25-5-3-7-27(33)20-25;1-4(2)5(7-3)6(8)9/h3,5,7,9-12,20-21,24,26,30-31H,2,4,6,8,13-19,22H2,1H3;4-5,7H,1-3H3,(H,8,9)/t26?,31-;/m1./s1. The zero-order valence-electron chi connectivity index (χ0n) is 28.1. The Morgan fingerprint density at radius 1 is 1.04 bits per heavy atom. The van der Waals surface area contributed by atoms with Crippen LogP contribution in [0.15, 0.2) is 54.6 Å². The number of halogens is 1. The summed E-state index contributed by atoms with van der Waals surface area (Å²) in [6.45, 7) is 10.3. The van der Waals surface area contributed by atoms with Gasteiger partial charge < -0.3 is 20.1 Å². The summed E-state index contributed by atoms with van der Waals surface area (Å²) in [5.41, 5.74) is 5.06. The van der Waals surface area contributed by atoms with Crippen LogP contribution in [-0.2, 0) is 17.8 Å². The number of carbonyl (C=O) groups is 1. The fraction of sp³-hybridized carbons (Fsp3) is 0.579. The molecular formula is C38H53FN4O3.